The standard InChI is InChI=1S/C30H41NO2/c1-30(21-25(30)20-24-13-8-12-22-10-2-4-15-26(22)24)28(32)17-6-7-18-29(33)31-19-9-14-23-11-3-5-16-27(23)31/h2,4,8,10,12-13,15,23,25,27,29,33H,3,5-7,9,11,14,16-21H2,1H3. The highest BCUT2D eigenvalue weighted by atomic mass is 16.3. The highest BCUT2D eigenvalue weighted by Crippen LogP contribution is 2.55. The van der Waals surface area contributed by atoms with Crippen molar-refractivity contribution in [3.05, 3.63) is 48.0 Å². The van der Waals surface area contributed by atoms with E-state index < -0.39 is 0 Å². The van der Waals surface area contributed by atoms with E-state index in [0.29, 0.717) is 24.2 Å². The summed E-state index contributed by atoms with van der Waals surface area (Å²) < 4.78 is 0. The fourth-order valence-electron chi connectivity index (χ4n) is 6.93. The Morgan fingerprint density at radius 2 is 1.85 bits per heavy atom. The highest BCUT2D eigenvalue weighted by molar-refractivity contribution is 5.88. The molecule has 0 spiro atoms. The Kier molecular flexibility index (Phi) is 6.90. The molecule has 2 aromatic rings. The molecule has 2 aromatic carbocycles. The Morgan fingerprint density at radius 1 is 1.06 bits per heavy atom. The fraction of sp³-hybridized carbons (Fsp3) is 0.633. The summed E-state index contributed by atoms with van der Waals surface area (Å²) >= 11 is 0. The van der Waals surface area contributed by atoms with Crippen molar-refractivity contribution in [2.45, 2.75) is 96.2 Å². The SMILES string of the molecule is CC1(C(=O)CCCCC(O)N2CCCC3CCCCC32)CC1Cc1cccc2ccccc12. The summed E-state index contributed by atoms with van der Waals surface area (Å²) in [6.45, 7) is 3.23. The highest BCUT2D eigenvalue weighted by Gasteiger charge is 2.54. The molecular weight excluding hydrogens is 406 g/mol. The van der Waals surface area contributed by atoms with Crippen molar-refractivity contribution >= 4 is 16.6 Å². The first kappa shape index (κ1) is 23.1. The molecule has 0 aromatic heterocycles. The summed E-state index contributed by atoms with van der Waals surface area (Å²) in [7, 11) is 0. The van der Waals surface area contributed by atoms with Crippen molar-refractivity contribution in [3.63, 3.8) is 0 Å². The zero-order valence-electron chi connectivity index (χ0n) is 20.3. The van der Waals surface area contributed by atoms with Crippen molar-refractivity contribution in [3.8, 4) is 0 Å². The molecule has 5 rings (SSSR count). The number of nitrogens with zero attached hydrogens (tertiary/aromatic N) is 1. The first-order chi connectivity index (χ1) is 16.1. The van der Waals surface area contributed by atoms with Gasteiger partial charge in [0.1, 0.15) is 12.0 Å². The van der Waals surface area contributed by atoms with Crippen LogP contribution in [0.1, 0.15) is 83.1 Å². The lowest BCUT2D eigenvalue weighted by Gasteiger charge is -2.46. The average Bonchev–Trinajstić information content (AvgIpc) is 3.51. The van der Waals surface area contributed by atoms with Gasteiger partial charge in [0.05, 0.1) is 0 Å². The van der Waals surface area contributed by atoms with Gasteiger partial charge >= 0.3 is 0 Å². The van der Waals surface area contributed by atoms with Gasteiger partial charge in [0, 0.05) is 24.4 Å². The third-order valence-corrected chi connectivity index (χ3v) is 9.18. The Morgan fingerprint density at radius 3 is 2.76 bits per heavy atom. The molecule has 33 heavy (non-hydrogen) atoms. The van der Waals surface area contributed by atoms with E-state index >= 15 is 0 Å². The zero-order chi connectivity index (χ0) is 22.8. The number of aliphatic hydroxyl groups excluding tert-OH is 1. The van der Waals surface area contributed by atoms with Gasteiger partial charge in [0.2, 0.25) is 0 Å². The summed E-state index contributed by atoms with van der Waals surface area (Å²) in [4.78, 5) is 15.5. The quantitative estimate of drug-likeness (QED) is 0.445. The van der Waals surface area contributed by atoms with Gasteiger partial charge < -0.3 is 5.11 Å². The van der Waals surface area contributed by atoms with Crippen molar-refractivity contribution in [2.24, 2.45) is 17.3 Å². The second-order valence-corrected chi connectivity index (χ2v) is 11.3. The van der Waals surface area contributed by atoms with Crippen LogP contribution in [0.15, 0.2) is 42.5 Å². The van der Waals surface area contributed by atoms with Gasteiger partial charge in [-0.15, -0.1) is 0 Å². The van der Waals surface area contributed by atoms with Gasteiger partial charge in [0.25, 0.3) is 0 Å². The third kappa shape index (κ3) is 4.91. The molecule has 0 radical (unpaired) electrons. The Labute approximate surface area is 199 Å². The minimum Gasteiger partial charge on any atom is -0.378 e. The zero-order valence-corrected chi connectivity index (χ0v) is 20.3. The molecule has 3 aliphatic rings. The lowest BCUT2D eigenvalue weighted by atomic mass is 9.78. The minimum absolute atomic E-state index is 0.141. The van der Waals surface area contributed by atoms with Crippen LogP contribution in [0.25, 0.3) is 10.8 Å². The molecule has 5 atom stereocenters. The van der Waals surface area contributed by atoms with Crippen molar-refractivity contribution < 1.29 is 9.90 Å². The summed E-state index contributed by atoms with van der Waals surface area (Å²) in [5, 5.41) is 13.5. The lowest BCUT2D eigenvalue weighted by Crippen LogP contribution is -2.51. The minimum atomic E-state index is -0.318. The van der Waals surface area contributed by atoms with Crippen LogP contribution in [0.5, 0.6) is 0 Å². The van der Waals surface area contributed by atoms with Crippen LogP contribution in [0.3, 0.4) is 0 Å². The number of likely N-dealkylation sites (tertiary alicyclic amines) is 1. The molecule has 1 aliphatic heterocycles. The molecule has 2 aliphatic carbocycles. The first-order valence-corrected chi connectivity index (χ1v) is 13.5. The van der Waals surface area contributed by atoms with Crippen LogP contribution >= 0.6 is 0 Å². The smallest absolute Gasteiger partial charge is 0.139 e. The van der Waals surface area contributed by atoms with Gasteiger partial charge in [-0.3, -0.25) is 9.69 Å². The number of Topliss-reactive ketones (excluding diaryl/α,β-unsaturated/α-hetero) is 1. The van der Waals surface area contributed by atoms with E-state index in [0.717, 1.165) is 44.6 Å². The number of unbranched alkanes of at least 4 members (excludes halogenated alkanes) is 1. The normalized spacial score (nSPS) is 30.7. The van der Waals surface area contributed by atoms with Crippen molar-refractivity contribution in [1.29, 1.82) is 0 Å². The van der Waals surface area contributed by atoms with E-state index in [1.807, 2.05) is 0 Å². The number of carbonyl (C=O) groups is 1. The fourth-order valence-corrected chi connectivity index (χ4v) is 6.93. The van der Waals surface area contributed by atoms with Crippen LogP contribution in [0.4, 0.5) is 0 Å². The second kappa shape index (κ2) is 9.88. The van der Waals surface area contributed by atoms with Crippen LogP contribution in [0.2, 0.25) is 0 Å². The van der Waals surface area contributed by atoms with Gasteiger partial charge in [-0.25, -0.2) is 0 Å². The Bertz CT molecular complexity index is 963. The van der Waals surface area contributed by atoms with Gasteiger partial charge in [0.15, 0.2) is 0 Å². The molecule has 178 valence electrons. The maximum atomic E-state index is 13.1. The van der Waals surface area contributed by atoms with E-state index in [1.165, 1.54) is 54.9 Å². The van der Waals surface area contributed by atoms with E-state index in [-0.39, 0.29) is 11.6 Å². The average molecular weight is 448 g/mol. The molecule has 3 nitrogen and oxygen atoms in total. The number of hydrogen-bond acceptors (Lipinski definition) is 3. The predicted molar refractivity (Wildman–Crippen MR) is 135 cm³/mol. The Hall–Kier alpha value is -1.71. The molecule has 5 unspecified atom stereocenters. The number of ketones is 1. The van der Waals surface area contributed by atoms with Gasteiger partial charge in [-0.1, -0.05) is 62.2 Å². The molecular formula is C30H41NO2. The summed E-state index contributed by atoms with van der Waals surface area (Å²) in [6, 6.07) is 15.7. The lowest BCUT2D eigenvalue weighted by molar-refractivity contribution is -0.124. The summed E-state index contributed by atoms with van der Waals surface area (Å²) in [5.41, 5.74) is 1.23. The number of rotatable bonds is 9. The molecule has 3 heteroatoms. The maximum absolute atomic E-state index is 13.1. The van der Waals surface area contributed by atoms with Gasteiger partial charge in [-0.05, 0) is 86.0 Å². The van der Waals surface area contributed by atoms with Crippen molar-refractivity contribution in [1.82, 2.24) is 4.90 Å². The van der Waals surface area contributed by atoms with E-state index in [9.17, 15) is 9.90 Å². The molecule has 2 saturated carbocycles. The third-order valence-electron chi connectivity index (χ3n) is 9.18. The first-order valence-electron chi connectivity index (χ1n) is 13.5. The maximum Gasteiger partial charge on any atom is 0.139 e. The predicted octanol–water partition coefficient (Wildman–Crippen LogP) is 6.51. The number of carbonyl (C=O) groups excluding carboxylic acids is 1. The molecule has 3 fully saturated rings. The van der Waals surface area contributed by atoms with Crippen molar-refractivity contribution in [2.75, 3.05) is 6.54 Å². The second-order valence-electron chi connectivity index (χ2n) is 11.3. The molecule has 1 saturated heterocycles. The molecule has 0 bridgehead atoms. The number of hydrogen-bond donors (Lipinski definition) is 1. The number of fused-ring (bicyclic) bond motifs is 2. The van der Waals surface area contributed by atoms with Crippen LogP contribution < -0.4 is 0 Å². The number of aliphatic hydroxyl groups is 1. The topological polar surface area (TPSA) is 40.5 Å². The number of piperidine rings is 1. The van der Waals surface area contributed by atoms with Crippen LogP contribution in [-0.2, 0) is 11.2 Å². The summed E-state index contributed by atoms with van der Waals surface area (Å²) in [5.74, 6) is 1.71. The summed E-state index contributed by atoms with van der Waals surface area (Å²) in [6.07, 6.45) is 12.9. The van der Waals surface area contributed by atoms with Gasteiger partial charge in [-0.2, -0.15) is 0 Å². The largest absolute Gasteiger partial charge is 0.378 e. The van der Waals surface area contributed by atoms with E-state index in [4.69, 9.17) is 0 Å². The Balaban J connectivity index is 1.08. The molecule has 0 amide bonds. The number of benzene rings is 2. The monoisotopic (exact) mass is 447 g/mol. The van der Waals surface area contributed by atoms with Crippen LogP contribution in [0, 0.1) is 17.3 Å². The van der Waals surface area contributed by atoms with E-state index in [1.54, 1.807) is 0 Å². The van der Waals surface area contributed by atoms with E-state index in [2.05, 4.69) is 54.3 Å². The van der Waals surface area contributed by atoms with Crippen LogP contribution in [-0.4, -0.2) is 34.6 Å². The molecule has 1 N–H and O–H groups in total. The molecule has 1 heterocycles.